The molecule has 0 unspecified atom stereocenters. The average Bonchev–Trinajstić information content (AvgIpc) is 2.90. The smallest absolute Gasteiger partial charge is 0.203 e. The zero-order valence-corrected chi connectivity index (χ0v) is 13.8. The molecular formula is C16H27N5. The van der Waals surface area contributed by atoms with Crippen LogP contribution in [0.15, 0.2) is 12.3 Å². The van der Waals surface area contributed by atoms with Crippen molar-refractivity contribution in [1.29, 1.82) is 0 Å². The van der Waals surface area contributed by atoms with Crippen molar-refractivity contribution in [3.8, 4) is 0 Å². The summed E-state index contributed by atoms with van der Waals surface area (Å²) >= 11 is 0. The molecule has 116 valence electrons. The summed E-state index contributed by atoms with van der Waals surface area (Å²) < 4.78 is 4.30. The van der Waals surface area contributed by atoms with E-state index < -0.39 is 0 Å². The van der Waals surface area contributed by atoms with Gasteiger partial charge in [0.2, 0.25) is 5.95 Å². The lowest BCUT2D eigenvalue weighted by Gasteiger charge is -2.11. The van der Waals surface area contributed by atoms with Crippen LogP contribution in [-0.4, -0.2) is 25.9 Å². The van der Waals surface area contributed by atoms with Crippen LogP contribution in [-0.2, 0) is 13.1 Å². The van der Waals surface area contributed by atoms with Gasteiger partial charge in [-0.25, -0.2) is 4.98 Å². The number of hydrogen-bond donors (Lipinski definition) is 1. The van der Waals surface area contributed by atoms with E-state index in [1.165, 1.54) is 5.69 Å². The molecule has 21 heavy (non-hydrogen) atoms. The molecule has 0 aliphatic carbocycles. The molecule has 0 bridgehead atoms. The van der Waals surface area contributed by atoms with Crippen LogP contribution in [0.2, 0.25) is 0 Å². The SMILES string of the molecule is Cc1cn(CCCn2nc(C)cc2C)c(NCC(C)C)n1. The second kappa shape index (κ2) is 6.78. The molecule has 2 aromatic rings. The lowest BCUT2D eigenvalue weighted by molar-refractivity contribution is 0.517. The highest BCUT2D eigenvalue weighted by atomic mass is 15.3. The fraction of sp³-hybridized carbons (Fsp3) is 0.625. The molecule has 0 spiro atoms. The highest BCUT2D eigenvalue weighted by Gasteiger charge is 2.06. The third-order valence-electron chi connectivity index (χ3n) is 3.44. The first-order chi connectivity index (χ1) is 9.95. The third-order valence-corrected chi connectivity index (χ3v) is 3.44. The Morgan fingerprint density at radius 2 is 1.90 bits per heavy atom. The topological polar surface area (TPSA) is 47.7 Å². The van der Waals surface area contributed by atoms with Crippen molar-refractivity contribution in [2.24, 2.45) is 5.92 Å². The molecule has 0 fully saturated rings. The lowest BCUT2D eigenvalue weighted by atomic mass is 10.2. The van der Waals surface area contributed by atoms with E-state index in [9.17, 15) is 0 Å². The van der Waals surface area contributed by atoms with Crippen molar-refractivity contribution in [3.63, 3.8) is 0 Å². The van der Waals surface area contributed by atoms with Gasteiger partial charge in [0.15, 0.2) is 0 Å². The summed E-state index contributed by atoms with van der Waals surface area (Å²) in [7, 11) is 0. The number of hydrogen-bond acceptors (Lipinski definition) is 3. The summed E-state index contributed by atoms with van der Waals surface area (Å²) in [4.78, 5) is 4.56. The Hall–Kier alpha value is -1.78. The Morgan fingerprint density at radius 1 is 1.14 bits per heavy atom. The van der Waals surface area contributed by atoms with Crippen LogP contribution in [0.1, 0.15) is 37.4 Å². The zero-order valence-electron chi connectivity index (χ0n) is 13.8. The van der Waals surface area contributed by atoms with Gasteiger partial charge >= 0.3 is 0 Å². The van der Waals surface area contributed by atoms with E-state index in [0.29, 0.717) is 5.92 Å². The molecule has 0 aliphatic rings. The number of aromatic nitrogens is 4. The predicted octanol–water partition coefficient (Wildman–Crippen LogP) is 3.16. The minimum absolute atomic E-state index is 0.616. The maximum absolute atomic E-state index is 4.56. The number of imidazole rings is 1. The van der Waals surface area contributed by atoms with Crippen molar-refractivity contribution in [2.75, 3.05) is 11.9 Å². The molecule has 0 saturated heterocycles. The molecule has 2 rings (SSSR count). The molecule has 5 nitrogen and oxygen atoms in total. The number of anilines is 1. The maximum Gasteiger partial charge on any atom is 0.203 e. The summed E-state index contributed by atoms with van der Waals surface area (Å²) in [6, 6.07) is 2.12. The fourth-order valence-corrected chi connectivity index (χ4v) is 2.45. The fourth-order valence-electron chi connectivity index (χ4n) is 2.45. The Labute approximate surface area is 127 Å². The van der Waals surface area contributed by atoms with Gasteiger partial charge in [0.25, 0.3) is 0 Å². The van der Waals surface area contributed by atoms with Gasteiger partial charge in [0.1, 0.15) is 0 Å². The van der Waals surface area contributed by atoms with E-state index in [1.807, 2.05) is 13.8 Å². The molecule has 0 atom stereocenters. The Kier molecular flexibility index (Phi) is 5.04. The second-order valence-electron chi connectivity index (χ2n) is 6.18. The van der Waals surface area contributed by atoms with Crippen LogP contribution in [0.4, 0.5) is 5.95 Å². The largest absolute Gasteiger partial charge is 0.355 e. The van der Waals surface area contributed by atoms with Crippen molar-refractivity contribution < 1.29 is 0 Å². The standard InChI is InChI=1S/C16H27N5/c1-12(2)10-17-16-18-14(4)11-20(16)7-6-8-21-15(5)9-13(3)19-21/h9,11-12H,6-8,10H2,1-5H3,(H,17,18). The van der Waals surface area contributed by atoms with Crippen molar-refractivity contribution in [1.82, 2.24) is 19.3 Å². The normalized spacial score (nSPS) is 11.3. The molecule has 5 heteroatoms. The summed E-state index contributed by atoms with van der Waals surface area (Å²) in [6.45, 7) is 13.5. The maximum atomic E-state index is 4.56. The molecule has 2 aromatic heterocycles. The van der Waals surface area contributed by atoms with Crippen molar-refractivity contribution in [3.05, 3.63) is 29.3 Å². The first-order valence-corrected chi connectivity index (χ1v) is 7.74. The summed E-state index contributed by atoms with van der Waals surface area (Å²) in [5.41, 5.74) is 3.38. The van der Waals surface area contributed by atoms with E-state index in [1.54, 1.807) is 0 Å². The van der Waals surface area contributed by atoms with Crippen LogP contribution < -0.4 is 5.32 Å². The minimum Gasteiger partial charge on any atom is -0.355 e. The Morgan fingerprint density at radius 3 is 2.52 bits per heavy atom. The van der Waals surface area contributed by atoms with Gasteiger partial charge in [-0.2, -0.15) is 5.10 Å². The molecule has 0 amide bonds. The van der Waals surface area contributed by atoms with Crippen molar-refractivity contribution >= 4 is 5.95 Å². The first-order valence-electron chi connectivity index (χ1n) is 7.74. The van der Waals surface area contributed by atoms with Gasteiger partial charge < -0.3 is 9.88 Å². The van der Waals surface area contributed by atoms with Crippen LogP contribution in [0.5, 0.6) is 0 Å². The summed E-state index contributed by atoms with van der Waals surface area (Å²) in [5.74, 6) is 1.60. The molecule has 0 radical (unpaired) electrons. The van der Waals surface area contributed by atoms with Gasteiger partial charge in [-0.3, -0.25) is 4.68 Å². The van der Waals surface area contributed by atoms with E-state index in [2.05, 4.69) is 57.7 Å². The van der Waals surface area contributed by atoms with E-state index in [0.717, 1.165) is 43.4 Å². The second-order valence-corrected chi connectivity index (χ2v) is 6.18. The Bertz CT molecular complexity index is 580. The number of rotatable bonds is 7. The molecular weight excluding hydrogens is 262 g/mol. The van der Waals surface area contributed by atoms with Crippen LogP contribution in [0, 0.1) is 26.7 Å². The van der Waals surface area contributed by atoms with Crippen molar-refractivity contribution in [2.45, 2.75) is 54.1 Å². The summed E-state index contributed by atoms with van der Waals surface area (Å²) in [5, 5.41) is 7.93. The minimum atomic E-state index is 0.616. The summed E-state index contributed by atoms with van der Waals surface area (Å²) in [6.07, 6.45) is 3.16. The van der Waals surface area contributed by atoms with E-state index in [-0.39, 0.29) is 0 Å². The molecule has 0 aliphatic heterocycles. The van der Waals surface area contributed by atoms with Gasteiger partial charge in [0.05, 0.1) is 11.4 Å². The monoisotopic (exact) mass is 289 g/mol. The van der Waals surface area contributed by atoms with Gasteiger partial charge in [0, 0.05) is 31.5 Å². The highest BCUT2D eigenvalue weighted by molar-refractivity contribution is 5.28. The Balaban J connectivity index is 1.92. The number of aryl methyl sites for hydroxylation is 5. The number of nitrogens with one attached hydrogen (secondary N) is 1. The molecule has 0 saturated carbocycles. The van der Waals surface area contributed by atoms with Crippen LogP contribution in [0.25, 0.3) is 0 Å². The average molecular weight is 289 g/mol. The molecule has 0 aromatic carbocycles. The lowest BCUT2D eigenvalue weighted by Crippen LogP contribution is -2.13. The van der Waals surface area contributed by atoms with Gasteiger partial charge in [-0.05, 0) is 39.2 Å². The zero-order chi connectivity index (χ0) is 15.4. The number of nitrogens with zero attached hydrogens (tertiary/aromatic N) is 4. The van der Waals surface area contributed by atoms with Crippen LogP contribution >= 0.6 is 0 Å². The quantitative estimate of drug-likeness (QED) is 0.851. The van der Waals surface area contributed by atoms with Gasteiger partial charge in [-0.1, -0.05) is 13.8 Å². The molecule has 1 N–H and O–H groups in total. The first kappa shape index (κ1) is 15.6. The predicted molar refractivity (Wildman–Crippen MR) is 86.6 cm³/mol. The molecule has 2 heterocycles. The highest BCUT2D eigenvalue weighted by Crippen LogP contribution is 2.11. The van der Waals surface area contributed by atoms with Crippen LogP contribution in [0.3, 0.4) is 0 Å². The third kappa shape index (κ3) is 4.34. The van der Waals surface area contributed by atoms with E-state index >= 15 is 0 Å². The van der Waals surface area contributed by atoms with E-state index in [4.69, 9.17) is 0 Å². The van der Waals surface area contributed by atoms with Gasteiger partial charge in [-0.15, -0.1) is 0 Å².